The van der Waals surface area contributed by atoms with Gasteiger partial charge >= 0.3 is 5.97 Å². The molecule has 38 heavy (non-hydrogen) atoms. The topological polar surface area (TPSA) is 91.3 Å². The number of hydrogen-bond donors (Lipinski definition) is 2. The van der Waals surface area contributed by atoms with Crippen molar-refractivity contribution in [3.8, 4) is 11.5 Å². The van der Waals surface area contributed by atoms with Gasteiger partial charge in [-0.1, -0.05) is 28.1 Å². The normalized spacial score (nSPS) is 12.8. The van der Waals surface area contributed by atoms with Gasteiger partial charge in [0.05, 0.1) is 37.7 Å². The van der Waals surface area contributed by atoms with Crippen LogP contribution in [0.25, 0.3) is 0 Å². The lowest BCUT2D eigenvalue weighted by Gasteiger charge is -2.34. The number of carbonyl (C=O) groups is 2. The molecule has 0 atom stereocenters. The summed E-state index contributed by atoms with van der Waals surface area (Å²) in [6.45, 7) is 1.92. The van der Waals surface area contributed by atoms with Crippen molar-refractivity contribution in [2.24, 2.45) is 0 Å². The summed E-state index contributed by atoms with van der Waals surface area (Å²) >= 11 is 3.41. The summed E-state index contributed by atoms with van der Waals surface area (Å²) in [5, 5.41) is 11.2. The molecule has 1 amide bonds. The van der Waals surface area contributed by atoms with Crippen molar-refractivity contribution >= 4 is 57.3 Å². The molecule has 1 aliphatic rings. The predicted molar refractivity (Wildman–Crippen MR) is 154 cm³/mol. The Bertz CT molecular complexity index is 1270. The van der Waals surface area contributed by atoms with E-state index in [1.807, 2.05) is 42.5 Å². The smallest absolute Gasteiger partial charge is 0.339 e. The fourth-order valence-electron chi connectivity index (χ4n) is 4.45. The van der Waals surface area contributed by atoms with E-state index in [1.54, 1.807) is 18.2 Å². The van der Waals surface area contributed by atoms with Crippen molar-refractivity contribution in [1.29, 1.82) is 0 Å². The van der Waals surface area contributed by atoms with Gasteiger partial charge < -0.3 is 19.5 Å². The molecule has 0 radical (unpaired) electrons. The van der Waals surface area contributed by atoms with Crippen LogP contribution in [0.1, 0.15) is 35.2 Å². The van der Waals surface area contributed by atoms with E-state index >= 15 is 0 Å². The lowest BCUT2D eigenvalue weighted by Crippen LogP contribution is -2.41. The third-order valence-corrected chi connectivity index (χ3v) is 7.07. The Balaban J connectivity index is 0.00000400. The quantitative estimate of drug-likeness (QED) is 0.290. The fraction of sp³-hybridized carbons (Fsp3) is 0.286. The number of ether oxygens (including phenoxy) is 2. The first kappa shape index (κ1) is 29.1. The average Bonchev–Trinajstić information content (AvgIpc) is 2.93. The van der Waals surface area contributed by atoms with Crippen LogP contribution in [0.3, 0.4) is 0 Å². The number of methoxy groups -OCH3 is 2. The van der Waals surface area contributed by atoms with Crippen LogP contribution in [0.4, 0.5) is 17.1 Å². The fourth-order valence-corrected chi connectivity index (χ4v) is 4.94. The number of anilines is 3. The number of hydrogen-bond acceptors (Lipinski definition) is 6. The molecular formula is C28H31BrClN3O5. The summed E-state index contributed by atoms with van der Waals surface area (Å²) < 4.78 is 11.1. The van der Waals surface area contributed by atoms with Gasteiger partial charge in [-0.25, -0.2) is 4.79 Å². The number of halogens is 2. The molecule has 0 spiro atoms. The highest BCUT2D eigenvalue weighted by Gasteiger charge is 2.22. The number of rotatable bonds is 9. The maximum atomic E-state index is 13.4. The van der Waals surface area contributed by atoms with E-state index in [1.165, 1.54) is 19.6 Å². The summed E-state index contributed by atoms with van der Waals surface area (Å²) in [7, 11) is 3.02. The molecule has 10 heteroatoms. The number of hydrazine groups is 1. The van der Waals surface area contributed by atoms with Crippen LogP contribution in [-0.4, -0.2) is 44.3 Å². The third-order valence-electron chi connectivity index (χ3n) is 6.34. The molecule has 0 bridgehead atoms. The number of piperidine rings is 1. The second kappa shape index (κ2) is 13.4. The minimum atomic E-state index is -1.10. The molecule has 0 unspecified atom stereocenters. The largest absolute Gasteiger partial charge is 0.497 e. The summed E-state index contributed by atoms with van der Waals surface area (Å²) in [6.07, 6.45) is 3.49. The van der Waals surface area contributed by atoms with E-state index in [9.17, 15) is 14.7 Å². The highest BCUT2D eigenvalue weighted by Crippen LogP contribution is 2.35. The summed E-state index contributed by atoms with van der Waals surface area (Å²) in [6, 6.07) is 18.6. The number of carboxylic acid groups (broad SMARTS) is 1. The number of carbonyl (C=O) groups excluding carboxylic acids is 1. The van der Waals surface area contributed by atoms with Gasteiger partial charge in [0.1, 0.15) is 17.1 Å². The average molecular weight is 605 g/mol. The van der Waals surface area contributed by atoms with Gasteiger partial charge in [0.15, 0.2) is 0 Å². The zero-order chi connectivity index (χ0) is 26.4. The summed E-state index contributed by atoms with van der Waals surface area (Å²) in [4.78, 5) is 27.3. The Morgan fingerprint density at radius 1 is 1.00 bits per heavy atom. The predicted octanol–water partition coefficient (Wildman–Crippen LogP) is 5.99. The van der Waals surface area contributed by atoms with Gasteiger partial charge in [-0.05, 0) is 73.4 Å². The summed E-state index contributed by atoms with van der Waals surface area (Å²) in [5.74, 6) is -0.460. The molecule has 8 nitrogen and oxygen atoms in total. The first-order valence-electron chi connectivity index (χ1n) is 12.1. The molecular weight excluding hydrogens is 574 g/mol. The molecule has 3 aromatic carbocycles. The van der Waals surface area contributed by atoms with Crippen molar-refractivity contribution in [3.63, 3.8) is 0 Å². The molecule has 3 aromatic rings. The van der Waals surface area contributed by atoms with Crippen LogP contribution >= 0.6 is 28.3 Å². The number of benzene rings is 3. The number of para-hydroxylation sites is 2. The minimum absolute atomic E-state index is 0. The van der Waals surface area contributed by atoms with Crippen LogP contribution in [0, 0.1) is 0 Å². The van der Waals surface area contributed by atoms with Gasteiger partial charge in [0.25, 0.3) is 0 Å². The zero-order valence-electron chi connectivity index (χ0n) is 21.3. The number of carboxylic acids is 1. The van der Waals surface area contributed by atoms with Crippen molar-refractivity contribution in [2.45, 2.75) is 25.7 Å². The Hall–Kier alpha value is -3.43. The molecule has 0 saturated carbocycles. The molecule has 0 aliphatic carbocycles. The molecule has 1 heterocycles. The van der Waals surface area contributed by atoms with Crippen molar-refractivity contribution in [1.82, 2.24) is 5.43 Å². The Labute approximate surface area is 237 Å². The van der Waals surface area contributed by atoms with E-state index in [0.717, 1.165) is 43.0 Å². The van der Waals surface area contributed by atoms with Crippen molar-refractivity contribution in [3.05, 3.63) is 76.3 Å². The van der Waals surface area contributed by atoms with Crippen molar-refractivity contribution in [2.75, 3.05) is 37.2 Å². The van der Waals surface area contributed by atoms with E-state index in [4.69, 9.17) is 9.47 Å². The first-order chi connectivity index (χ1) is 17.9. The van der Waals surface area contributed by atoms with E-state index < -0.39 is 5.97 Å². The SMILES string of the molecule is COc1ccc(N(NC(=O)Cc2cc(OC)c(C(=O)O)cc2Br)c2ccccc2N2CCCCC2)cc1.Cl. The number of nitrogens with zero attached hydrogens (tertiary/aromatic N) is 2. The number of aromatic carboxylic acids is 1. The lowest BCUT2D eigenvalue weighted by molar-refractivity contribution is -0.120. The molecule has 1 saturated heterocycles. The lowest BCUT2D eigenvalue weighted by atomic mass is 10.1. The van der Waals surface area contributed by atoms with Crippen LogP contribution in [0.2, 0.25) is 0 Å². The van der Waals surface area contributed by atoms with Gasteiger partial charge in [-0.15, -0.1) is 12.4 Å². The molecule has 4 rings (SSSR count). The monoisotopic (exact) mass is 603 g/mol. The van der Waals surface area contributed by atoms with Crippen LogP contribution < -0.4 is 24.8 Å². The second-order valence-electron chi connectivity index (χ2n) is 8.73. The maximum absolute atomic E-state index is 13.4. The van der Waals surface area contributed by atoms with Crippen LogP contribution in [0.15, 0.2) is 65.1 Å². The van der Waals surface area contributed by atoms with Gasteiger partial charge in [0, 0.05) is 17.6 Å². The van der Waals surface area contributed by atoms with E-state index in [-0.39, 0.29) is 36.0 Å². The van der Waals surface area contributed by atoms with Crippen LogP contribution in [-0.2, 0) is 11.2 Å². The highest BCUT2D eigenvalue weighted by molar-refractivity contribution is 9.10. The Kier molecular flexibility index (Phi) is 10.3. The maximum Gasteiger partial charge on any atom is 0.339 e. The van der Waals surface area contributed by atoms with Crippen molar-refractivity contribution < 1.29 is 24.2 Å². The van der Waals surface area contributed by atoms with E-state index in [0.29, 0.717) is 15.8 Å². The van der Waals surface area contributed by atoms with Gasteiger partial charge in [-0.2, -0.15) is 0 Å². The minimum Gasteiger partial charge on any atom is -0.497 e. The second-order valence-corrected chi connectivity index (χ2v) is 9.59. The molecule has 0 aromatic heterocycles. The standard InChI is InChI=1S/C28H30BrN3O5.ClH/c1-36-21-12-10-20(11-13-21)32(25-9-5-4-8-24(25)31-14-6-3-7-15-31)30-27(33)17-19-16-26(37-2)22(28(34)35)18-23(19)29;/h4-5,8-13,16,18H,3,6-7,14-15,17H2,1-2H3,(H,30,33)(H,34,35);1H. The van der Waals surface area contributed by atoms with Gasteiger partial charge in [-0.3, -0.25) is 15.2 Å². The van der Waals surface area contributed by atoms with Gasteiger partial charge in [0.2, 0.25) is 5.91 Å². The molecule has 2 N–H and O–H groups in total. The zero-order valence-corrected chi connectivity index (χ0v) is 23.7. The first-order valence-corrected chi connectivity index (χ1v) is 12.9. The molecule has 1 aliphatic heterocycles. The number of amides is 1. The summed E-state index contributed by atoms with van der Waals surface area (Å²) in [5.41, 5.74) is 6.38. The van der Waals surface area contributed by atoms with Crippen LogP contribution in [0.5, 0.6) is 11.5 Å². The molecule has 1 fully saturated rings. The Morgan fingerprint density at radius 3 is 2.32 bits per heavy atom. The highest BCUT2D eigenvalue weighted by atomic mass is 79.9. The van der Waals surface area contributed by atoms with E-state index in [2.05, 4.69) is 32.3 Å². The molecule has 202 valence electrons. The third kappa shape index (κ3) is 6.71. The number of nitrogens with one attached hydrogen (secondary N) is 1. The Morgan fingerprint density at radius 2 is 1.68 bits per heavy atom.